The van der Waals surface area contributed by atoms with Crippen molar-refractivity contribution in [1.29, 1.82) is 0 Å². The van der Waals surface area contributed by atoms with Gasteiger partial charge < -0.3 is 14.2 Å². The Bertz CT molecular complexity index is 688. The normalized spacial score (nSPS) is 10.6. The van der Waals surface area contributed by atoms with Crippen molar-refractivity contribution in [2.75, 3.05) is 21.3 Å². The van der Waals surface area contributed by atoms with E-state index < -0.39 is 0 Å². The van der Waals surface area contributed by atoms with Crippen LogP contribution in [-0.4, -0.2) is 27.3 Å². The number of hydrogen-bond acceptors (Lipinski definition) is 5. The average molecular weight is 330 g/mol. The first kappa shape index (κ1) is 17.0. The Kier molecular flexibility index (Phi) is 6.11. The van der Waals surface area contributed by atoms with E-state index >= 15 is 0 Å². The molecule has 5 heteroatoms. The van der Waals surface area contributed by atoms with Crippen LogP contribution in [0.4, 0.5) is 0 Å². The summed E-state index contributed by atoms with van der Waals surface area (Å²) in [5.74, 6) is 1.11. The first-order valence-corrected chi connectivity index (χ1v) is 7.79. The third-order valence-corrected chi connectivity index (χ3v) is 4.00. The molecule has 0 heterocycles. The highest BCUT2D eigenvalue weighted by atomic mass is 32.2. The Morgan fingerprint density at radius 1 is 1.00 bits per heavy atom. The minimum absolute atomic E-state index is 0.343. The fourth-order valence-electron chi connectivity index (χ4n) is 1.96. The maximum atomic E-state index is 11.7. The second-order valence-electron chi connectivity index (χ2n) is 4.55. The monoisotopic (exact) mass is 330 g/mol. The van der Waals surface area contributed by atoms with Crippen LogP contribution < -0.4 is 9.47 Å². The second kappa shape index (κ2) is 8.29. The van der Waals surface area contributed by atoms with Crippen LogP contribution in [0.1, 0.15) is 15.9 Å². The number of methoxy groups -OCH3 is 3. The summed E-state index contributed by atoms with van der Waals surface area (Å²) in [6.45, 7) is 0. The van der Waals surface area contributed by atoms with Crippen molar-refractivity contribution in [3.63, 3.8) is 0 Å². The summed E-state index contributed by atoms with van der Waals surface area (Å²) >= 11 is 1.45. The molecule has 0 radical (unpaired) electrons. The largest absolute Gasteiger partial charge is 0.497 e. The Morgan fingerprint density at radius 2 is 1.65 bits per heavy atom. The molecule has 2 aromatic rings. The SMILES string of the molecule is COC(=O)c1ccccc1S/C=C/c1cc(OC)cc(OC)c1. The summed E-state index contributed by atoms with van der Waals surface area (Å²) in [4.78, 5) is 12.6. The molecule has 0 atom stereocenters. The zero-order valence-electron chi connectivity index (χ0n) is 13.2. The van der Waals surface area contributed by atoms with Gasteiger partial charge in [-0.2, -0.15) is 0 Å². The van der Waals surface area contributed by atoms with Gasteiger partial charge in [-0.25, -0.2) is 4.79 Å². The molecule has 0 saturated heterocycles. The smallest absolute Gasteiger partial charge is 0.339 e. The molecule has 0 aliphatic rings. The van der Waals surface area contributed by atoms with Crippen molar-refractivity contribution < 1.29 is 19.0 Å². The number of esters is 1. The van der Waals surface area contributed by atoms with Crippen LogP contribution in [0.2, 0.25) is 0 Å². The third kappa shape index (κ3) is 4.53. The lowest BCUT2D eigenvalue weighted by Crippen LogP contribution is -2.02. The van der Waals surface area contributed by atoms with Crippen LogP contribution in [-0.2, 0) is 4.74 Å². The Balaban J connectivity index is 2.18. The number of rotatable bonds is 6. The Morgan fingerprint density at radius 3 is 2.26 bits per heavy atom. The van der Waals surface area contributed by atoms with Gasteiger partial charge in [-0.3, -0.25) is 0 Å². The van der Waals surface area contributed by atoms with Gasteiger partial charge in [-0.15, -0.1) is 0 Å². The molecule has 0 unspecified atom stereocenters. The van der Waals surface area contributed by atoms with E-state index in [0.29, 0.717) is 5.56 Å². The second-order valence-corrected chi connectivity index (χ2v) is 5.50. The molecular formula is C18H18O4S. The summed E-state index contributed by atoms with van der Waals surface area (Å²) in [5, 5.41) is 1.91. The predicted molar refractivity (Wildman–Crippen MR) is 92.2 cm³/mol. The van der Waals surface area contributed by atoms with Crippen molar-refractivity contribution in [2.45, 2.75) is 4.90 Å². The van der Waals surface area contributed by atoms with Crippen LogP contribution in [0.25, 0.3) is 6.08 Å². The summed E-state index contributed by atoms with van der Waals surface area (Å²) in [7, 11) is 4.61. The maximum Gasteiger partial charge on any atom is 0.339 e. The van der Waals surface area contributed by atoms with Crippen LogP contribution in [0, 0.1) is 0 Å². The van der Waals surface area contributed by atoms with Gasteiger partial charge in [0.25, 0.3) is 0 Å². The Hall–Kier alpha value is -2.40. The molecular weight excluding hydrogens is 312 g/mol. The molecule has 4 nitrogen and oxygen atoms in total. The molecule has 0 aromatic heterocycles. The average Bonchev–Trinajstić information content (AvgIpc) is 2.61. The summed E-state index contributed by atoms with van der Waals surface area (Å²) in [6, 6.07) is 13.0. The first-order chi connectivity index (χ1) is 11.2. The highest BCUT2D eigenvalue weighted by Gasteiger charge is 2.10. The van der Waals surface area contributed by atoms with E-state index in [4.69, 9.17) is 14.2 Å². The predicted octanol–water partition coefficient (Wildman–Crippen LogP) is 4.25. The first-order valence-electron chi connectivity index (χ1n) is 6.91. The minimum Gasteiger partial charge on any atom is -0.497 e. The van der Waals surface area contributed by atoms with Crippen LogP contribution in [0.3, 0.4) is 0 Å². The summed E-state index contributed by atoms with van der Waals surface area (Å²) < 4.78 is 15.3. The quantitative estimate of drug-likeness (QED) is 0.585. The van der Waals surface area contributed by atoms with Gasteiger partial charge in [-0.05, 0) is 41.3 Å². The summed E-state index contributed by atoms with van der Waals surface area (Å²) in [6.07, 6.45) is 1.93. The molecule has 0 spiro atoms. The zero-order chi connectivity index (χ0) is 16.7. The fourth-order valence-corrected chi connectivity index (χ4v) is 2.77. The van der Waals surface area contributed by atoms with Crippen molar-refractivity contribution in [1.82, 2.24) is 0 Å². The molecule has 2 rings (SSSR count). The molecule has 0 aliphatic heterocycles. The molecule has 0 bridgehead atoms. The van der Waals surface area contributed by atoms with Gasteiger partial charge in [0.2, 0.25) is 0 Å². The van der Waals surface area contributed by atoms with Crippen LogP contribution >= 0.6 is 11.8 Å². The van der Waals surface area contributed by atoms with Gasteiger partial charge in [0.1, 0.15) is 11.5 Å². The molecule has 0 aliphatic carbocycles. The van der Waals surface area contributed by atoms with Gasteiger partial charge in [-0.1, -0.05) is 23.9 Å². The van der Waals surface area contributed by atoms with E-state index in [1.807, 2.05) is 47.9 Å². The number of hydrogen-bond donors (Lipinski definition) is 0. The van der Waals surface area contributed by atoms with Crippen molar-refractivity contribution in [2.24, 2.45) is 0 Å². The van der Waals surface area contributed by atoms with E-state index in [9.17, 15) is 4.79 Å². The van der Waals surface area contributed by atoms with Crippen molar-refractivity contribution in [3.8, 4) is 11.5 Å². The highest BCUT2D eigenvalue weighted by Crippen LogP contribution is 2.27. The zero-order valence-corrected chi connectivity index (χ0v) is 14.1. The standard InChI is InChI=1S/C18H18O4S/c1-20-14-10-13(11-15(12-14)21-2)8-9-23-17-7-5-4-6-16(17)18(19)22-3/h4-12H,1-3H3/b9-8+. The molecule has 0 saturated carbocycles. The van der Waals surface area contributed by atoms with Crippen LogP contribution in [0.15, 0.2) is 52.8 Å². The van der Waals surface area contributed by atoms with E-state index in [-0.39, 0.29) is 5.97 Å². The van der Waals surface area contributed by atoms with Gasteiger partial charge in [0.15, 0.2) is 0 Å². The molecule has 0 fully saturated rings. The molecule has 120 valence electrons. The topological polar surface area (TPSA) is 44.8 Å². The van der Waals surface area contributed by atoms with E-state index in [0.717, 1.165) is 22.0 Å². The molecule has 0 N–H and O–H groups in total. The maximum absolute atomic E-state index is 11.7. The number of benzene rings is 2. The number of carbonyl (C=O) groups is 1. The molecule has 2 aromatic carbocycles. The highest BCUT2D eigenvalue weighted by molar-refractivity contribution is 8.02. The number of carbonyl (C=O) groups excluding carboxylic acids is 1. The van der Waals surface area contributed by atoms with E-state index in [2.05, 4.69) is 0 Å². The van der Waals surface area contributed by atoms with Crippen molar-refractivity contribution in [3.05, 3.63) is 59.0 Å². The lowest BCUT2D eigenvalue weighted by Gasteiger charge is -2.06. The lowest BCUT2D eigenvalue weighted by molar-refractivity contribution is 0.0597. The van der Waals surface area contributed by atoms with E-state index in [1.54, 1.807) is 20.3 Å². The van der Waals surface area contributed by atoms with Gasteiger partial charge >= 0.3 is 5.97 Å². The van der Waals surface area contributed by atoms with Crippen molar-refractivity contribution >= 4 is 23.8 Å². The van der Waals surface area contributed by atoms with Crippen LogP contribution in [0.5, 0.6) is 11.5 Å². The Labute approximate surface area is 140 Å². The molecule has 0 amide bonds. The fraction of sp³-hybridized carbons (Fsp3) is 0.167. The van der Waals surface area contributed by atoms with Gasteiger partial charge in [0.05, 0.1) is 26.9 Å². The van der Waals surface area contributed by atoms with E-state index in [1.165, 1.54) is 18.9 Å². The third-order valence-electron chi connectivity index (χ3n) is 3.12. The lowest BCUT2D eigenvalue weighted by atomic mass is 10.2. The summed E-state index contributed by atoms with van der Waals surface area (Å²) in [5.41, 5.74) is 1.50. The number of thioether (sulfide) groups is 1. The number of ether oxygens (including phenoxy) is 3. The van der Waals surface area contributed by atoms with Gasteiger partial charge in [0, 0.05) is 11.0 Å². The molecule has 23 heavy (non-hydrogen) atoms. The minimum atomic E-state index is -0.343.